The zero-order valence-electron chi connectivity index (χ0n) is 18.3. The van der Waals surface area contributed by atoms with Crippen molar-refractivity contribution in [3.05, 3.63) is 42.5 Å². The number of carbonyl (C=O) groups is 2. The van der Waals surface area contributed by atoms with Gasteiger partial charge in [-0.2, -0.15) is 0 Å². The quantitative estimate of drug-likeness (QED) is 0.584. The van der Waals surface area contributed by atoms with Crippen LogP contribution in [-0.4, -0.2) is 33.9 Å². The van der Waals surface area contributed by atoms with Crippen molar-refractivity contribution in [1.29, 1.82) is 0 Å². The Kier molecular flexibility index (Phi) is 5.43. The summed E-state index contributed by atoms with van der Waals surface area (Å²) < 4.78 is 2.30. The molecule has 1 unspecified atom stereocenters. The van der Waals surface area contributed by atoms with Crippen LogP contribution in [-0.2, 0) is 16.1 Å². The van der Waals surface area contributed by atoms with Gasteiger partial charge in [0.15, 0.2) is 0 Å². The maximum Gasteiger partial charge on any atom is 0.229 e. The van der Waals surface area contributed by atoms with Crippen LogP contribution in [0.25, 0.3) is 21.8 Å². The zero-order chi connectivity index (χ0) is 21.4. The van der Waals surface area contributed by atoms with Gasteiger partial charge in [0.2, 0.25) is 11.8 Å². The Bertz CT molecular complexity index is 1120. The van der Waals surface area contributed by atoms with Gasteiger partial charge in [-0.25, -0.2) is 0 Å². The monoisotopic (exact) mass is 417 g/mol. The molecule has 162 valence electrons. The fourth-order valence-corrected chi connectivity index (χ4v) is 5.55. The minimum absolute atomic E-state index is 0.0388. The highest BCUT2D eigenvalue weighted by atomic mass is 16.2. The van der Waals surface area contributed by atoms with Crippen molar-refractivity contribution in [3.8, 4) is 0 Å². The van der Waals surface area contributed by atoms with Crippen molar-refractivity contribution < 1.29 is 9.59 Å². The van der Waals surface area contributed by atoms with E-state index in [9.17, 15) is 9.59 Å². The van der Waals surface area contributed by atoms with Gasteiger partial charge in [0.1, 0.15) is 0 Å². The molecule has 2 amide bonds. The van der Waals surface area contributed by atoms with Gasteiger partial charge < -0.3 is 14.8 Å². The molecule has 1 saturated carbocycles. The lowest BCUT2D eigenvalue weighted by molar-refractivity contribution is -0.130. The van der Waals surface area contributed by atoms with E-state index in [4.69, 9.17) is 0 Å². The van der Waals surface area contributed by atoms with Crippen LogP contribution in [0.2, 0.25) is 0 Å². The standard InChI is InChI=1S/C26H31N3O2/c1-2-28-23-12-8-7-11-21(23)22-16-19(13-14-24(22)28)27-26(31)18-15-25(30)29(17-18)20-9-5-3-4-6-10-20/h7-8,11-14,16,18,20H,2-6,9-10,15,17H2,1H3,(H,27,31). The Balaban J connectivity index is 1.34. The van der Waals surface area contributed by atoms with E-state index in [0.29, 0.717) is 19.0 Å². The molecule has 1 N–H and O–H groups in total. The Morgan fingerprint density at radius 2 is 1.74 bits per heavy atom. The third-order valence-corrected chi connectivity index (χ3v) is 7.15. The third kappa shape index (κ3) is 3.71. The number of fused-ring (bicyclic) bond motifs is 3. The molecule has 5 rings (SSSR count). The second-order valence-corrected chi connectivity index (χ2v) is 9.08. The molecule has 1 aliphatic heterocycles. The predicted octanol–water partition coefficient (Wildman–Crippen LogP) is 5.32. The lowest BCUT2D eigenvalue weighted by atomic mass is 10.1. The number of anilines is 1. The van der Waals surface area contributed by atoms with Crippen LogP contribution in [0.5, 0.6) is 0 Å². The molecule has 0 radical (unpaired) electrons. The van der Waals surface area contributed by atoms with Gasteiger partial charge >= 0.3 is 0 Å². The molecule has 2 heterocycles. The molecule has 1 saturated heterocycles. The maximum atomic E-state index is 13.0. The number of aryl methyl sites for hydroxylation is 1. The topological polar surface area (TPSA) is 54.3 Å². The van der Waals surface area contributed by atoms with Gasteiger partial charge in [0.25, 0.3) is 0 Å². The number of carbonyl (C=O) groups excluding carboxylic acids is 2. The lowest BCUT2D eigenvalue weighted by Crippen LogP contribution is -2.37. The Morgan fingerprint density at radius 3 is 2.52 bits per heavy atom. The summed E-state index contributed by atoms with van der Waals surface area (Å²) in [6.07, 6.45) is 7.41. The first kappa shape index (κ1) is 20.1. The number of para-hydroxylation sites is 1. The number of rotatable bonds is 4. The number of aromatic nitrogens is 1. The maximum absolute atomic E-state index is 13.0. The van der Waals surface area contributed by atoms with E-state index in [2.05, 4.69) is 53.2 Å². The molecule has 5 heteroatoms. The number of amides is 2. The molecule has 31 heavy (non-hydrogen) atoms. The average Bonchev–Trinajstić information content (AvgIpc) is 3.19. The van der Waals surface area contributed by atoms with Crippen LogP contribution in [0.15, 0.2) is 42.5 Å². The number of hydrogen-bond acceptors (Lipinski definition) is 2. The molecule has 2 aliphatic rings. The first-order valence-corrected chi connectivity index (χ1v) is 11.8. The molecule has 1 aliphatic carbocycles. The summed E-state index contributed by atoms with van der Waals surface area (Å²) in [5.41, 5.74) is 3.19. The van der Waals surface area contributed by atoms with Crippen molar-refractivity contribution in [2.75, 3.05) is 11.9 Å². The molecule has 2 aromatic carbocycles. The molecular weight excluding hydrogens is 386 g/mol. The number of benzene rings is 2. The number of likely N-dealkylation sites (tertiary alicyclic amines) is 1. The van der Waals surface area contributed by atoms with E-state index in [1.165, 1.54) is 42.1 Å². The first-order chi connectivity index (χ1) is 15.2. The normalized spacial score (nSPS) is 20.5. The van der Waals surface area contributed by atoms with Crippen molar-refractivity contribution in [2.45, 2.75) is 64.5 Å². The van der Waals surface area contributed by atoms with Gasteiger partial charge in [-0.05, 0) is 44.0 Å². The van der Waals surface area contributed by atoms with Gasteiger partial charge in [0, 0.05) is 53.0 Å². The highest BCUT2D eigenvalue weighted by molar-refractivity contribution is 6.10. The molecule has 0 bridgehead atoms. The zero-order valence-corrected chi connectivity index (χ0v) is 18.3. The number of hydrogen-bond donors (Lipinski definition) is 1. The number of nitrogens with zero attached hydrogens (tertiary/aromatic N) is 2. The summed E-state index contributed by atoms with van der Waals surface area (Å²) >= 11 is 0. The van der Waals surface area contributed by atoms with Crippen molar-refractivity contribution in [1.82, 2.24) is 9.47 Å². The predicted molar refractivity (Wildman–Crippen MR) is 125 cm³/mol. The summed E-state index contributed by atoms with van der Waals surface area (Å²) in [5.74, 6) is -0.153. The average molecular weight is 418 g/mol. The molecule has 5 nitrogen and oxygen atoms in total. The van der Waals surface area contributed by atoms with Gasteiger partial charge in [-0.1, -0.05) is 43.9 Å². The molecule has 3 aromatic rings. The van der Waals surface area contributed by atoms with Crippen LogP contribution in [0.3, 0.4) is 0 Å². The fourth-order valence-electron chi connectivity index (χ4n) is 5.55. The van der Waals surface area contributed by atoms with Gasteiger partial charge in [-0.15, -0.1) is 0 Å². The van der Waals surface area contributed by atoms with E-state index < -0.39 is 0 Å². The van der Waals surface area contributed by atoms with Gasteiger partial charge in [0.05, 0.1) is 5.92 Å². The lowest BCUT2D eigenvalue weighted by Gasteiger charge is -2.27. The van der Waals surface area contributed by atoms with E-state index in [1.807, 2.05) is 11.0 Å². The summed E-state index contributed by atoms with van der Waals surface area (Å²) in [4.78, 5) is 27.7. The minimum atomic E-state index is -0.261. The van der Waals surface area contributed by atoms with E-state index in [1.54, 1.807) is 0 Å². The molecule has 2 fully saturated rings. The van der Waals surface area contributed by atoms with Crippen molar-refractivity contribution >= 4 is 39.3 Å². The van der Waals surface area contributed by atoms with Gasteiger partial charge in [-0.3, -0.25) is 9.59 Å². The molecule has 1 atom stereocenters. The van der Waals surface area contributed by atoms with E-state index in [0.717, 1.165) is 30.5 Å². The van der Waals surface area contributed by atoms with E-state index in [-0.39, 0.29) is 17.7 Å². The van der Waals surface area contributed by atoms with Crippen molar-refractivity contribution in [2.24, 2.45) is 5.92 Å². The highest BCUT2D eigenvalue weighted by Crippen LogP contribution is 2.32. The second-order valence-electron chi connectivity index (χ2n) is 9.08. The van der Waals surface area contributed by atoms with Crippen molar-refractivity contribution in [3.63, 3.8) is 0 Å². The largest absolute Gasteiger partial charge is 0.341 e. The summed E-state index contributed by atoms with van der Waals surface area (Å²) in [5, 5.41) is 5.45. The molecule has 0 spiro atoms. The van der Waals surface area contributed by atoms with Crippen LogP contribution in [0, 0.1) is 5.92 Å². The van der Waals surface area contributed by atoms with Crippen LogP contribution in [0.1, 0.15) is 51.9 Å². The molecular formula is C26H31N3O2. The Hall–Kier alpha value is -2.82. The summed E-state index contributed by atoms with van der Waals surface area (Å²) in [6, 6.07) is 14.9. The second kappa shape index (κ2) is 8.37. The Labute approximate surface area is 183 Å². The Morgan fingerprint density at radius 1 is 1.00 bits per heavy atom. The SMILES string of the molecule is CCn1c2ccccc2c2cc(NC(=O)C3CC(=O)N(C4CCCCCC4)C3)ccc21. The summed E-state index contributed by atoms with van der Waals surface area (Å²) in [7, 11) is 0. The van der Waals surface area contributed by atoms with E-state index >= 15 is 0 Å². The molecule has 1 aromatic heterocycles. The first-order valence-electron chi connectivity index (χ1n) is 11.8. The fraction of sp³-hybridized carbons (Fsp3) is 0.462. The van der Waals surface area contributed by atoms with Crippen LogP contribution in [0.4, 0.5) is 5.69 Å². The number of nitrogens with one attached hydrogen (secondary N) is 1. The third-order valence-electron chi connectivity index (χ3n) is 7.15. The summed E-state index contributed by atoms with van der Waals surface area (Å²) in [6.45, 7) is 3.61. The smallest absolute Gasteiger partial charge is 0.229 e. The highest BCUT2D eigenvalue weighted by Gasteiger charge is 2.37. The van der Waals surface area contributed by atoms with Crippen LogP contribution < -0.4 is 5.32 Å². The van der Waals surface area contributed by atoms with Crippen LogP contribution >= 0.6 is 0 Å². The minimum Gasteiger partial charge on any atom is -0.341 e.